The molecule has 2 heterocycles. The third-order valence-electron chi connectivity index (χ3n) is 5.25. The van der Waals surface area contributed by atoms with Crippen molar-refractivity contribution in [2.24, 2.45) is 0 Å². The topological polar surface area (TPSA) is 196 Å². The summed E-state index contributed by atoms with van der Waals surface area (Å²) in [6, 6.07) is 6.12. The van der Waals surface area contributed by atoms with Gasteiger partial charge in [0.15, 0.2) is 12.4 Å². The van der Waals surface area contributed by atoms with Crippen LogP contribution in [0.5, 0.6) is 5.75 Å². The lowest BCUT2D eigenvalue weighted by Gasteiger charge is -2.42. The van der Waals surface area contributed by atoms with E-state index >= 15 is 0 Å². The minimum absolute atomic E-state index is 0.233. The molecule has 2 aliphatic heterocycles. The summed E-state index contributed by atoms with van der Waals surface area (Å²) >= 11 is 0. The van der Waals surface area contributed by atoms with Crippen molar-refractivity contribution in [1.29, 1.82) is 0 Å². The van der Waals surface area contributed by atoms with Crippen LogP contribution in [0.1, 0.15) is 5.56 Å². The molecule has 7 N–H and O–H groups in total. The molecule has 0 spiro atoms. The van der Waals surface area contributed by atoms with Gasteiger partial charge in [0.1, 0.15) is 35.8 Å². The molecule has 12 nitrogen and oxygen atoms in total. The zero-order chi connectivity index (χ0) is 23.5. The number of hydrogen-bond acceptors (Lipinski definition) is 11. The zero-order valence-electron chi connectivity index (χ0n) is 16.8. The van der Waals surface area contributed by atoms with E-state index in [0.29, 0.717) is 5.56 Å². The van der Waals surface area contributed by atoms with Crippen molar-refractivity contribution >= 4 is 12.0 Å². The summed E-state index contributed by atoms with van der Waals surface area (Å²) in [6.07, 6.45) is -7.95. The van der Waals surface area contributed by atoms with E-state index in [1.165, 1.54) is 18.2 Å². The first-order chi connectivity index (χ1) is 15.2. The van der Waals surface area contributed by atoms with Crippen LogP contribution in [0.4, 0.5) is 0 Å². The van der Waals surface area contributed by atoms with E-state index in [9.17, 15) is 35.4 Å². The predicted octanol–water partition coefficient (Wildman–Crippen LogP) is -2.57. The van der Waals surface area contributed by atoms with Gasteiger partial charge in [-0.1, -0.05) is 12.1 Å². The van der Waals surface area contributed by atoms with Crippen molar-refractivity contribution < 1.29 is 59.5 Å². The lowest BCUT2D eigenvalue weighted by Crippen LogP contribution is -2.62. The van der Waals surface area contributed by atoms with Gasteiger partial charge in [0.2, 0.25) is 6.29 Å². The monoisotopic (exact) mass is 458 g/mol. The van der Waals surface area contributed by atoms with Gasteiger partial charge in [-0.2, -0.15) is 0 Å². The standard InChI is InChI=1S/C20H26O12/c21-7-12-14(25)15(26)16(32-19-17(27)20(28,8-22)9-29-19)18(31-12)30-11-4-1-10(2-5-11)3-6-13(23)24/h1-6,12,14-19,21-22,25-28H,7-9H2,(H,23,24)/b6-3+/t12-,14-,15+,16-,17+,18-,19+,20-/m1/s1. The molecule has 178 valence electrons. The van der Waals surface area contributed by atoms with Gasteiger partial charge in [-0.05, 0) is 23.8 Å². The van der Waals surface area contributed by atoms with Gasteiger partial charge in [0, 0.05) is 6.08 Å². The van der Waals surface area contributed by atoms with Gasteiger partial charge in [-0.25, -0.2) is 4.79 Å². The molecule has 0 bridgehead atoms. The number of aliphatic hydroxyl groups excluding tert-OH is 5. The van der Waals surface area contributed by atoms with Crippen LogP contribution in [0.15, 0.2) is 30.3 Å². The zero-order valence-corrected chi connectivity index (χ0v) is 16.8. The third-order valence-corrected chi connectivity index (χ3v) is 5.25. The summed E-state index contributed by atoms with van der Waals surface area (Å²) in [7, 11) is 0. The van der Waals surface area contributed by atoms with Crippen molar-refractivity contribution in [3.63, 3.8) is 0 Å². The maximum absolute atomic E-state index is 10.6. The second kappa shape index (κ2) is 10.2. The molecular formula is C20H26O12. The Bertz CT molecular complexity index is 798. The van der Waals surface area contributed by atoms with Crippen LogP contribution in [0, 0.1) is 0 Å². The minimum atomic E-state index is -1.97. The van der Waals surface area contributed by atoms with Gasteiger partial charge in [-0.3, -0.25) is 0 Å². The molecule has 1 aromatic rings. The molecule has 1 aromatic carbocycles. The van der Waals surface area contributed by atoms with Crippen LogP contribution in [-0.4, -0.2) is 110 Å². The molecule has 0 amide bonds. The Kier molecular flexibility index (Phi) is 7.82. The summed E-state index contributed by atoms with van der Waals surface area (Å²) in [5.74, 6) is -0.871. The van der Waals surface area contributed by atoms with Crippen LogP contribution < -0.4 is 4.74 Å². The molecule has 32 heavy (non-hydrogen) atoms. The molecule has 8 atom stereocenters. The van der Waals surface area contributed by atoms with E-state index in [1.807, 2.05) is 0 Å². The SMILES string of the molecule is O=C(O)/C=C/c1ccc(O[C@@H]2O[C@H](CO)[C@@H](O)[C@H](O)[C@H]2O[C@@H]2OC[C@](O)(CO)[C@H]2O)cc1. The molecule has 2 fully saturated rings. The smallest absolute Gasteiger partial charge is 0.328 e. The van der Waals surface area contributed by atoms with E-state index in [2.05, 4.69) is 0 Å². The molecule has 0 aromatic heterocycles. The number of carboxylic acid groups (broad SMARTS) is 1. The van der Waals surface area contributed by atoms with E-state index < -0.39 is 74.5 Å². The Labute approximate surface area is 182 Å². The number of benzene rings is 1. The number of carboxylic acids is 1. The highest BCUT2D eigenvalue weighted by molar-refractivity contribution is 5.85. The van der Waals surface area contributed by atoms with Crippen molar-refractivity contribution in [2.75, 3.05) is 19.8 Å². The highest BCUT2D eigenvalue weighted by Crippen LogP contribution is 2.32. The van der Waals surface area contributed by atoms with Crippen molar-refractivity contribution in [3.05, 3.63) is 35.9 Å². The maximum Gasteiger partial charge on any atom is 0.328 e. The molecule has 3 rings (SSSR count). The van der Waals surface area contributed by atoms with Crippen molar-refractivity contribution in [2.45, 2.75) is 48.7 Å². The average molecular weight is 458 g/mol. The number of rotatable bonds is 8. The fraction of sp³-hybridized carbons (Fsp3) is 0.550. The number of carbonyl (C=O) groups is 1. The van der Waals surface area contributed by atoms with E-state index in [-0.39, 0.29) is 5.75 Å². The predicted molar refractivity (Wildman–Crippen MR) is 104 cm³/mol. The number of hydrogen-bond donors (Lipinski definition) is 7. The largest absolute Gasteiger partial charge is 0.478 e. The van der Waals surface area contributed by atoms with Gasteiger partial charge in [-0.15, -0.1) is 0 Å². The minimum Gasteiger partial charge on any atom is -0.478 e. The third kappa shape index (κ3) is 5.26. The molecule has 0 unspecified atom stereocenters. The Morgan fingerprint density at radius 2 is 1.81 bits per heavy atom. The Morgan fingerprint density at radius 1 is 1.12 bits per heavy atom. The number of aliphatic carboxylic acids is 1. The highest BCUT2D eigenvalue weighted by Gasteiger charge is 2.53. The molecule has 0 radical (unpaired) electrons. The average Bonchev–Trinajstić information content (AvgIpc) is 3.07. The second-order valence-electron chi connectivity index (χ2n) is 7.55. The lowest BCUT2D eigenvalue weighted by molar-refractivity contribution is -0.318. The first-order valence-corrected chi connectivity index (χ1v) is 9.77. The van der Waals surface area contributed by atoms with Crippen LogP contribution in [0.25, 0.3) is 6.08 Å². The van der Waals surface area contributed by atoms with Crippen LogP contribution in [0.3, 0.4) is 0 Å². The molecule has 0 aliphatic carbocycles. The number of aliphatic hydroxyl groups is 6. The first-order valence-electron chi connectivity index (χ1n) is 9.77. The van der Waals surface area contributed by atoms with Crippen LogP contribution in [-0.2, 0) is 19.0 Å². The van der Waals surface area contributed by atoms with Gasteiger partial charge in [0.05, 0.1) is 19.8 Å². The van der Waals surface area contributed by atoms with E-state index in [1.54, 1.807) is 12.1 Å². The van der Waals surface area contributed by atoms with Gasteiger partial charge < -0.3 is 54.7 Å². The summed E-state index contributed by atoms with van der Waals surface area (Å²) in [5.41, 5.74) is -1.39. The highest BCUT2D eigenvalue weighted by atomic mass is 16.8. The molecule has 12 heteroatoms. The Hall–Kier alpha value is -2.13. The van der Waals surface area contributed by atoms with Crippen molar-refractivity contribution in [1.82, 2.24) is 0 Å². The summed E-state index contributed by atoms with van der Waals surface area (Å²) < 4.78 is 22.0. The Morgan fingerprint density at radius 3 is 2.38 bits per heavy atom. The second-order valence-corrected chi connectivity index (χ2v) is 7.55. The fourth-order valence-corrected chi connectivity index (χ4v) is 3.32. The molecule has 0 saturated carbocycles. The summed E-state index contributed by atoms with van der Waals surface area (Å²) in [6.45, 7) is -1.86. The quantitative estimate of drug-likeness (QED) is 0.201. The molecular weight excluding hydrogens is 432 g/mol. The molecule has 2 aliphatic rings. The van der Waals surface area contributed by atoms with Gasteiger partial charge in [0.25, 0.3) is 0 Å². The van der Waals surface area contributed by atoms with E-state index in [4.69, 9.17) is 24.1 Å². The van der Waals surface area contributed by atoms with E-state index in [0.717, 1.165) is 6.08 Å². The first kappa shape index (κ1) is 24.5. The normalized spacial score (nSPS) is 37.6. The molecule has 2 saturated heterocycles. The maximum atomic E-state index is 10.6. The van der Waals surface area contributed by atoms with Gasteiger partial charge >= 0.3 is 5.97 Å². The van der Waals surface area contributed by atoms with Crippen LogP contribution >= 0.6 is 0 Å². The summed E-state index contributed by atoms with van der Waals surface area (Å²) in [5, 5.41) is 68.5. The van der Waals surface area contributed by atoms with Crippen molar-refractivity contribution in [3.8, 4) is 5.75 Å². The summed E-state index contributed by atoms with van der Waals surface area (Å²) in [4.78, 5) is 10.6. The Balaban J connectivity index is 1.76. The lowest BCUT2D eigenvalue weighted by atomic mass is 9.98. The number of ether oxygens (including phenoxy) is 4. The van der Waals surface area contributed by atoms with Crippen LogP contribution in [0.2, 0.25) is 0 Å². The fourth-order valence-electron chi connectivity index (χ4n) is 3.32.